The molecule has 1 spiro atoms. The molecule has 0 radical (unpaired) electrons. The first-order chi connectivity index (χ1) is 9.18. The Morgan fingerprint density at radius 2 is 2.11 bits per heavy atom. The first-order valence-electron chi connectivity index (χ1n) is 7.13. The van der Waals surface area contributed by atoms with E-state index in [1.165, 1.54) is 35.4 Å². The predicted octanol–water partition coefficient (Wildman–Crippen LogP) is 4.42. The standard InChI is InChI=1S/C17H19NS/c1-11-4-3-5-13(8-11)15-9-14-12(2)18-10-17(6-7-17)16(14)19-15/h3-5,8-9,12,18H,6-7,10H2,1-2H3. The van der Waals surface area contributed by atoms with E-state index in [1.807, 2.05) is 11.3 Å². The fourth-order valence-corrected chi connectivity index (χ4v) is 4.67. The quantitative estimate of drug-likeness (QED) is 0.808. The number of benzene rings is 1. The van der Waals surface area contributed by atoms with Gasteiger partial charge in [-0.15, -0.1) is 11.3 Å². The van der Waals surface area contributed by atoms with Crippen molar-refractivity contribution in [1.82, 2.24) is 5.32 Å². The van der Waals surface area contributed by atoms with E-state index in [0.29, 0.717) is 11.5 Å². The second-order valence-corrected chi connectivity index (χ2v) is 7.20. The smallest absolute Gasteiger partial charge is 0.0349 e. The lowest BCUT2D eigenvalue weighted by Gasteiger charge is -2.27. The zero-order chi connectivity index (χ0) is 13.0. The third-order valence-electron chi connectivity index (χ3n) is 4.61. The van der Waals surface area contributed by atoms with E-state index in [0.717, 1.165) is 0 Å². The maximum absolute atomic E-state index is 3.67. The molecule has 0 saturated heterocycles. The van der Waals surface area contributed by atoms with E-state index < -0.39 is 0 Å². The van der Waals surface area contributed by atoms with Crippen LogP contribution < -0.4 is 5.32 Å². The first kappa shape index (κ1) is 11.7. The van der Waals surface area contributed by atoms with Gasteiger partial charge < -0.3 is 5.32 Å². The van der Waals surface area contributed by atoms with Crippen molar-refractivity contribution >= 4 is 11.3 Å². The Balaban J connectivity index is 1.84. The number of hydrogen-bond donors (Lipinski definition) is 1. The fraction of sp³-hybridized carbons (Fsp3) is 0.412. The minimum atomic E-state index is 0.495. The predicted molar refractivity (Wildman–Crippen MR) is 81.8 cm³/mol. The number of rotatable bonds is 1. The number of fused-ring (bicyclic) bond motifs is 2. The number of thiophene rings is 1. The SMILES string of the molecule is Cc1cccc(-c2cc3c(s2)C2(CC2)CNC3C)c1. The molecule has 19 heavy (non-hydrogen) atoms. The first-order valence-corrected chi connectivity index (χ1v) is 7.94. The molecule has 4 rings (SSSR count). The van der Waals surface area contributed by atoms with Gasteiger partial charge in [-0.3, -0.25) is 0 Å². The van der Waals surface area contributed by atoms with Crippen molar-refractivity contribution in [2.24, 2.45) is 0 Å². The van der Waals surface area contributed by atoms with Crippen LogP contribution in [0, 0.1) is 6.92 Å². The summed E-state index contributed by atoms with van der Waals surface area (Å²) in [5, 5.41) is 3.67. The van der Waals surface area contributed by atoms with Crippen LogP contribution in [0.2, 0.25) is 0 Å². The van der Waals surface area contributed by atoms with Crippen molar-refractivity contribution < 1.29 is 0 Å². The minimum Gasteiger partial charge on any atom is -0.309 e. The van der Waals surface area contributed by atoms with Gasteiger partial charge in [-0.25, -0.2) is 0 Å². The Bertz CT molecular complexity index is 636. The van der Waals surface area contributed by atoms with Crippen molar-refractivity contribution in [2.75, 3.05) is 6.54 Å². The van der Waals surface area contributed by atoms with Gasteiger partial charge in [0.05, 0.1) is 0 Å². The van der Waals surface area contributed by atoms with Crippen molar-refractivity contribution in [3.05, 3.63) is 46.3 Å². The number of hydrogen-bond acceptors (Lipinski definition) is 2. The Labute approximate surface area is 118 Å². The molecule has 1 unspecified atom stereocenters. The number of aryl methyl sites for hydroxylation is 1. The second-order valence-electron chi connectivity index (χ2n) is 6.15. The van der Waals surface area contributed by atoms with Crippen LogP contribution in [0.5, 0.6) is 0 Å². The van der Waals surface area contributed by atoms with E-state index in [1.54, 1.807) is 10.4 Å². The highest BCUT2D eigenvalue weighted by Crippen LogP contribution is 2.56. The molecule has 0 amide bonds. The summed E-state index contributed by atoms with van der Waals surface area (Å²) in [6.45, 7) is 5.64. The molecule has 1 aliphatic heterocycles. The maximum atomic E-state index is 3.67. The molecule has 1 atom stereocenters. The van der Waals surface area contributed by atoms with Gasteiger partial charge in [0.1, 0.15) is 0 Å². The van der Waals surface area contributed by atoms with Crippen LogP contribution in [-0.2, 0) is 5.41 Å². The topological polar surface area (TPSA) is 12.0 Å². The molecule has 1 aromatic heterocycles. The van der Waals surface area contributed by atoms with Crippen molar-refractivity contribution in [2.45, 2.75) is 38.1 Å². The summed E-state index contributed by atoms with van der Waals surface area (Å²) in [4.78, 5) is 3.10. The molecule has 1 aromatic carbocycles. The lowest BCUT2D eigenvalue weighted by Crippen LogP contribution is -2.34. The summed E-state index contributed by atoms with van der Waals surface area (Å²) >= 11 is 2.03. The molecule has 2 aromatic rings. The van der Waals surface area contributed by atoms with E-state index in [9.17, 15) is 0 Å². The Morgan fingerprint density at radius 3 is 2.84 bits per heavy atom. The highest BCUT2D eigenvalue weighted by molar-refractivity contribution is 7.15. The third kappa shape index (κ3) is 1.78. The summed E-state index contributed by atoms with van der Waals surface area (Å²) in [6, 6.07) is 11.8. The average Bonchev–Trinajstić information content (AvgIpc) is 3.02. The summed E-state index contributed by atoms with van der Waals surface area (Å²) in [5.74, 6) is 0. The Morgan fingerprint density at radius 1 is 1.26 bits per heavy atom. The highest BCUT2D eigenvalue weighted by Gasteiger charge is 2.49. The molecule has 2 aliphatic rings. The molecule has 1 nitrogen and oxygen atoms in total. The Kier molecular flexibility index (Phi) is 2.42. The van der Waals surface area contributed by atoms with Crippen LogP contribution in [0.3, 0.4) is 0 Å². The van der Waals surface area contributed by atoms with Gasteiger partial charge in [-0.2, -0.15) is 0 Å². The van der Waals surface area contributed by atoms with Crippen molar-refractivity contribution in [3.8, 4) is 10.4 Å². The zero-order valence-electron chi connectivity index (χ0n) is 11.5. The highest BCUT2D eigenvalue weighted by atomic mass is 32.1. The molecule has 1 aliphatic carbocycles. The molecule has 2 heteroatoms. The van der Waals surface area contributed by atoms with Gasteiger partial charge in [0.2, 0.25) is 0 Å². The molecular weight excluding hydrogens is 250 g/mol. The van der Waals surface area contributed by atoms with Crippen molar-refractivity contribution in [1.29, 1.82) is 0 Å². The van der Waals surface area contributed by atoms with Gasteiger partial charge in [0.15, 0.2) is 0 Å². The van der Waals surface area contributed by atoms with Crippen LogP contribution in [0.1, 0.15) is 41.8 Å². The van der Waals surface area contributed by atoms with Gasteiger partial charge in [0.25, 0.3) is 0 Å². The molecule has 1 fully saturated rings. The van der Waals surface area contributed by atoms with Crippen LogP contribution in [0.4, 0.5) is 0 Å². The summed E-state index contributed by atoms with van der Waals surface area (Å²) in [6.07, 6.45) is 2.74. The van der Waals surface area contributed by atoms with Gasteiger partial charge >= 0.3 is 0 Å². The monoisotopic (exact) mass is 269 g/mol. The largest absolute Gasteiger partial charge is 0.309 e. The molecule has 1 saturated carbocycles. The third-order valence-corrected chi connectivity index (χ3v) is 6.06. The zero-order valence-corrected chi connectivity index (χ0v) is 12.3. The molecule has 98 valence electrons. The number of nitrogens with one attached hydrogen (secondary N) is 1. The van der Waals surface area contributed by atoms with Gasteiger partial charge in [0, 0.05) is 27.8 Å². The fourth-order valence-electron chi connectivity index (χ4n) is 3.18. The van der Waals surface area contributed by atoms with Gasteiger partial charge in [-0.1, -0.05) is 29.8 Å². The minimum absolute atomic E-state index is 0.495. The molecule has 1 N–H and O–H groups in total. The molecule has 0 bridgehead atoms. The normalized spacial score (nSPS) is 23.4. The van der Waals surface area contributed by atoms with Crippen LogP contribution in [0.15, 0.2) is 30.3 Å². The van der Waals surface area contributed by atoms with Crippen LogP contribution in [-0.4, -0.2) is 6.54 Å². The summed E-state index contributed by atoms with van der Waals surface area (Å²) < 4.78 is 0. The van der Waals surface area contributed by atoms with E-state index in [2.05, 4.69) is 49.5 Å². The average molecular weight is 269 g/mol. The van der Waals surface area contributed by atoms with Gasteiger partial charge in [-0.05, 0) is 43.9 Å². The lowest BCUT2D eigenvalue weighted by molar-refractivity contribution is 0.474. The lowest BCUT2D eigenvalue weighted by atomic mass is 9.92. The van der Waals surface area contributed by atoms with Crippen LogP contribution in [0.25, 0.3) is 10.4 Å². The molecular formula is C17H19NS. The maximum Gasteiger partial charge on any atom is 0.0349 e. The van der Waals surface area contributed by atoms with E-state index in [-0.39, 0.29) is 0 Å². The Hall–Kier alpha value is -1.12. The molecule has 2 heterocycles. The summed E-state index contributed by atoms with van der Waals surface area (Å²) in [5.41, 5.74) is 4.76. The van der Waals surface area contributed by atoms with E-state index in [4.69, 9.17) is 0 Å². The van der Waals surface area contributed by atoms with E-state index >= 15 is 0 Å². The van der Waals surface area contributed by atoms with Crippen molar-refractivity contribution in [3.63, 3.8) is 0 Å². The summed E-state index contributed by atoms with van der Waals surface area (Å²) in [7, 11) is 0. The van der Waals surface area contributed by atoms with Crippen LogP contribution >= 0.6 is 11.3 Å². The second kappa shape index (κ2) is 3.94.